The van der Waals surface area contributed by atoms with Gasteiger partial charge in [0.15, 0.2) is 0 Å². The molecular weight excluding hydrogens is 475 g/mol. The molecule has 1 aliphatic heterocycles. The third-order valence-electron chi connectivity index (χ3n) is 6.28. The number of alkyl halides is 3. The van der Waals surface area contributed by atoms with E-state index in [1.165, 1.54) is 6.07 Å². The number of aromatic nitrogens is 4. The van der Waals surface area contributed by atoms with Crippen LogP contribution in [0.2, 0.25) is 0 Å². The van der Waals surface area contributed by atoms with E-state index in [9.17, 15) is 23.4 Å². The monoisotopic (exact) mass is 505 g/mol. The maximum absolute atomic E-state index is 12.9. The summed E-state index contributed by atoms with van der Waals surface area (Å²) in [6.45, 7) is 5.49. The molecule has 1 atom stereocenters. The molecule has 9 nitrogen and oxygen atoms in total. The van der Waals surface area contributed by atoms with E-state index in [0.717, 1.165) is 42.2 Å². The fourth-order valence-corrected chi connectivity index (χ4v) is 4.46. The number of rotatable bonds is 9. The Kier molecular flexibility index (Phi) is 8.07. The highest BCUT2D eigenvalue weighted by atomic mass is 19.4. The zero-order chi connectivity index (χ0) is 25.7. The fourth-order valence-electron chi connectivity index (χ4n) is 4.46. The van der Waals surface area contributed by atoms with E-state index < -0.39 is 11.7 Å². The summed E-state index contributed by atoms with van der Waals surface area (Å²) >= 11 is 0. The van der Waals surface area contributed by atoms with Crippen molar-refractivity contribution < 1.29 is 23.4 Å². The van der Waals surface area contributed by atoms with Gasteiger partial charge in [-0.3, -0.25) is 10.00 Å². The van der Waals surface area contributed by atoms with Crippen LogP contribution in [0.4, 0.5) is 24.8 Å². The summed E-state index contributed by atoms with van der Waals surface area (Å²) in [5, 5.41) is 25.8. The molecule has 0 aromatic carbocycles. The molecule has 3 N–H and O–H groups in total. The van der Waals surface area contributed by atoms with Gasteiger partial charge in [-0.15, -0.1) is 0 Å². The Bertz CT molecular complexity index is 1100. The summed E-state index contributed by atoms with van der Waals surface area (Å²) in [6, 6.07) is 6.34. The second-order valence-electron chi connectivity index (χ2n) is 8.78. The molecule has 0 amide bonds. The summed E-state index contributed by atoms with van der Waals surface area (Å²) in [5.41, 5.74) is 1.91. The number of halogens is 3. The number of aliphatic hydroxyl groups excluding tert-OH is 2. The van der Waals surface area contributed by atoms with Crippen LogP contribution in [0, 0.1) is 0 Å². The first-order valence-corrected chi connectivity index (χ1v) is 11.8. The molecule has 0 spiro atoms. The summed E-state index contributed by atoms with van der Waals surface area (Å²) in [7, 11) is 0. The smallest absolute Gasteiger partial charge is 0.395 e. The molecule has 1 fully saturated rings. The van der Waals surface area contributed by atoms with Crippen LogP contribution in [-0.2, 0) is 12.7 Å². The van der Waals surface area contributed by atoms with Crippen molar-refractivity contribution in [3.8, 4) is 11.3 Å². The van der Waals surface area contributed by atoms with Gasteiger partial charge < -0.3 is 20.0 Å². The average Bonchev–Trinajstić information content (AvgIpc) is 3.32. The lowest BCUT2D eigenvalue weighted by Crippen LogP contribution is -2.51. The molecule has 3 aromatic heterocycles. The molecule has 0 radical (unpaired) electrons. The predicted octanol–water partition coefficient (Wildman–Crippen LogP) is 2.39. The van der Waals surface area contributed by atoms with Gasteiger partial charge in [-0.05, 0) is 31.2 Å². The molecule has 0 saturated carbocycles. The fraction of sp³-hybridized carbons (Fsp3) is 0.458. The number of hydrogen-bond acceptors (Lipinski definition) is 8. The standard InChI is InChI=1S/C24H30F3N7O2/c1-17-15-32(6-7-34(17)22-5-3-20(14-29-22)24(25,26)27)16-19-13-30-31-23(19)18-2-4-21(28-12-18)33(8-10-35)9-11-36/h2-5,12-14,17,35-36H,6-11,15-16H2,1H3,(H,30,31)/t17-/m1/s1. The van der Waals surface area contributed by atoms with Crippen molar-refractivity contribution in [2.75, 3.05) is 55.7 Å². The highest BCUT2D eigenvalue weighted by molar-refractivity contribution is 5.63. The van der Waals surface area contributed by atoms with Gasteiger partial charge in [-0.2, -0.15) is 18.3 Å². The van der Waals surface area contributed by atoms with Crippen LogP contribution >= 0.6 is 0 Å². The van der Waals surface area contributed by atoms with Crippen LogP contribution in [-0.4, -0.2) is 87.3 Å². The lowest BCUT2D eigenvalue weighted by atomic mass is 10.1. The topological polar surface area (TPSA) is 105 Å². The second-order valence-corrected chi connectivity index (χ2v) is 8.78. The number of anilines is 2. The Morgan fingerprint density at radius 1 is 1.06 bits per heavy atom. The molecule has 0 bridgehead atoms. The first-order chi connectivity index (χ1) is 17.3. The maximum atomic E-state index is 12.9. The van der Waals surface area contributed by atoms with Crippen molar-refractivity contribution in [2.24, 2.45) is 0 Å². The normalized spacial score (nSPS) is 16.9. The summed E-state index contributed by atoms with van der Waals surface area (Å²) < 4.78 is 38.6. The first kappa shape index (κ1) is 25.9. The van der Waals surface area contributed by atoms with Crippen molar-refractivity contribution in [3.63, 3.8) is 0 Å². The number of hydrogen-bond donors (Lipinski definition) is 3. The van der Waals surface area contributed by atoms with Crippen LogP contribution in [0.3, 0.4) is 0 Å². The zero-order valence-electron chi connectivity index (χ0n) is 20.0. The molecule has 1 saturated heterocycles. The minimum absolute atomic E-state index is 0.0342. The van der Waals surface area contributed by atoms with Crippen molar-refractivity contribution in [1.82, 2.24) is 25.1 Å². The largest absolute Gasteiger partial charge is 0.417 e. The Labute approximate surface area is 207 Å². The van der Waals surface area contributed by atoms with Crippen LogP contribution < -0.4 is 9.80 Å². The van der Waals surface area contributed by atoms with Crippen LogP contribution in [0.15, 0.2) is 42.9 Å². The van der Waals surface area contributed by atoms with Gasteiger partial charge in [0.2, 0.25) is 0 Å². The van der Waals surface area contributed by atoms with Gasteiger partial charge in [0.05, 0.1) is 24.5 Å². The van der Waals surface area contributed by atoms with Gasteiger partial charge in [-0.1, -0.05) is 0 Å². The minimum atomic E-state index is -4.40. The number of aromatic amines is 1. The molecule has 4 heterocycles. The molecule has 1 aliphatic rings. The molecule has 0 unspecified atom stereocenters. The average molecular weight is 506 g/mol. The number of H-pyrrole nitrogens is 1. The number of piperazine rings is 1. The van der Waals surface area contributed by atoms with Gasteiger partial charge in [-0.25, -0.2) is 9.97 Å². The van der Waals surface area contributed by atoms with Crippen LogP contribution in [0.25, 0.3) is 11.3 Å². The number of pyridine rings is 2. The molecule has 4 rings (SSSR count). The Hall–Kier alpha value is -3.22. The molecule has 12 heteroatoms. The van der Waals surface area contributed by atoms with Crippen molar-refractivity contribution in [1.29, 1.82) is 0 Å². The molecule has 36 heavy (non-hydrogen) atoms. The van der Waals surface area contributed by atoms with Crippen LogP contribution in [0.5, 0.6) is 0 Å². The second kappa shape index (κ2) is 11.2. The van der Waals surface area contributed by atoms with Gasteiger partial charge >= 0.3 is 6.18 Å². The van der Waals surface area contributed by atoms with E-state index in [0.29, 0.717) is 37.8 Å². The SMILES string of the molecule is C[C@@H]1CN(Cc2c[nH]nc2-c2ccc(N(CCO)CCO)nc2)CCN1c1ccc(C(F)(F)F)cn1. The molecule has 3 aromatic rings. The van der Waals surface area contributed by atoms with E-state index in [1.807, 2.05) is 35.1 Å². The van der Waals surface area contributed by atoms with Crippen molar-refractivity contribution in [3.05, 3.63) is 54.0 Å². The van der Waals surface area contributed by atoms with E-state index in [2.05, 4.69) is 25.1 Å². The Balaban J connectivity index is 1.40. The van der Waals surface area contributed by atoms with Crippen molar-refractivity contribution in [2.45, 2.75) is 25.7 Å². The molecular formula is C24H30F3N7O2. The van der Waals surface area contributed by atoms with Crippen LogP contribution in [0.1, 0.15) is 18.1 Å². The quantitative estimate of drug-likeness (QED) is 0.407. The predicted molar refractivity (Wildman–Crippen MR) is 130 cm³/mol. The number of nitrogens with one attached hydrogen (secondary N) is 1. The molecule has 194 valence electrons. The lowest BCUT2D eigenvalue weighted by molar-refractivity contribution is -0.137. The Morgan fingerprint density at radius 2 is 1.83 bits per heavy atom. The zero-order valence-corrected chi connectivity index (χ0v) is 20.0. The highest BCUT2D eigenvalue weighted by Crippen LogP contribution is 2.30. The lowest BCUT2D eigenvalue weighted by Gasteiger charge is -2.40. The molecule has 0 aliphatic carbocycles. The summed E-state index contributed by atoms with van der Waals surface area (Å²) in [4.78, 5) is 14.7. The first-order valence-electron chi connectivity index (χ1n) is 11.8. The highest BCUT2D eigenvalue weighted by Gasteiger charge is 2.32. The van der Waals surface area contributed by atoms with Gasteiger partial charge in [0.1, 0.15) is 11.6 Å². The van der Waals surface area contributed by atoms with Gasteiger partial charge in [0, 0.05) is 75.0 Å². The third kappa shape index (κ3) is 5.94. The summed E-state index contributed by atoms with van der Waals surface area (Å²) in [6.07, 6.45) is 0.0830. The van der Waals surface area contributed by atoms with E-state index in [1.54, 1.807) is 6.20 Å². The Morgan fingerprint density at radius 3 is 2.42 bits per heavy atom. The van der Waals surface area contributed by atoms with E-state index in [4.69, 9.17) is 0 Å². The number of nitrogens with zero attached hydrogens (tertiary/aromatic N) is 6. The van der Waals surface area contributed by atoms with E-state index >= 15 is 0 Å². The van der Waals surface area contributed by atoms with Crippen molar-refractivity contribution >= 4 is 11.6 Å². The minimum Gasteiger partial charge on any atom is -0.395 e. The number of aliphatic hydroxyl groups is 2. The summed E-state index contributed by atoms with van der Waals surface area (Å²) in [5.74, 6) is 1.21. The van der Waals surface area contributed by atoms with E-state index in [-0.39, 0.29) is 19.3 Å². The third-order valence-corrected chi connectivity index (χ3v) is 6.28. The van der Waals surface area contributed by atoms with Gasteiger partial charge in [0.25, 0.3) is 0 Å². The maximum Gasteiger partial charge on any atom is 0.417 e.